The minimum absolute atomic E-state index is 0.733. The second-order valence-corrected chi connectivity index (χ2v) is 5.09. The summed E-state index contributed by atoms with van der Waals surface area (Å²) in [5.74, 6) is 1.01. The van der Waals surface area contributed by atoms with Crippen molar-refractivity contribution in [1.82, 2.24) is 9.55 Å². The summed E-state index contributed by atoms with van der Waals surface area (Å²) in [5.41, 5.74) is 1.14. The largest absolute Gasteiger partial charge is 0.331 e. The molecule has 0 radical (unpaired) electrons. The van der Waals surface area contributed by atoms with Crippen molar-refractivity contribution in [3.05, 3.63) is 64.1 Å². The molecule has 0 saturated carbocycles. The Hall–Kier alpha value is -1.06. The fourth-order valence-corrected chi connectivity index (χ4v) is 2.64. The summed E-state index contributed by atoms with van der Waals surface area (Å²) < 4.78 is 3.06. The van der Waals surface area contributed by atoms with Crippen LogP contribution in [0.4, 0.5) is 0 Å². The summed E-state index contributed by atoms with van der Waals surface area (Å²) in [6, 6.07) is 5.89. The monoisotopic (exact) mass is 310 g/mol. The normalized spacial score (nSPS) is 10.5. The Kier molecular flexibility index (Phi) is 4.02. The van der Waals surface area contributed by atoms with Crippen LogP contribution in [0.25, 0.3) is 0 Å². The fraction of sp³-hybridized carbons (Fsp3) is 0.154. The van der Waals surface area contributed by atoms with E-state index < -0.39 is 0 Å². The van der Waals surface area contributed by atoms with Gasteiger partial charge in [0.2, 0.25) is 0 Å². The zero-order valence-electron chi connectivity index (χ0n) is 9.24. The molecule has 1 aromatic heterocycles. The maximum Gasteiger partial charge on any atom is 0.113 e. The third kappa shape index (κ3) is 3.20. The molecule has 1 aromatic carbocycles. The highest BCUT2D eigenvalue weighted by Crippen LogP contribution is 2.21. The number of nitrogens with zero attached hydrogens (tertiary/aromatic N) is 2. The lowest BCUT2D eigenvalue weighted by atomic mass is 10.1. The van der Waals surface area contributed by atoms with Crippen molar-refractivity contribution < 1.29 is 0 Å². The molecule has 0 unspecified atom stereocenters. The SMILES string of the molecule is C=CCn1ccnc1Cc1cc(Cl)cc(Br)c1. The second-order valence-electron chi connectivity index (χ2n) is 3.74. The maximum absolute atomic E-state index is 6.02. The summed E-state index contributed by atoms with van der Waals surface area (Å²) in [6.07, 6.45) is 6.38. The van der Waals surface area contributed by atoms with Crippen molar-refractivity contribution >= 4 is 27.5 Å². The number of benzene rings is 1. The molecule has 0 fully saturated rings. The highest BCUT2D eigenvalue weighted by molar-refractivity contribution is 9.10. The van der Waals surface area contributed by atoms with E-state index in [-0.39, 0.29) is 0 Å². The van der Waals surface area contributed by atoms with Gasteiger partial charge in [0.05, 0.1) is 0 Å². The Morgan fingerprint density at radius 1 is 1.41 bits per heavy atom. The molecule has 4 heteroatoms. The van der Waals surface area contributed by atoms with Crippen molar-refractivity contribution in [3.63, 3.8) is 0 Å². The minimum atomic E-state index is 0.733. The molecule has 2 nitrogen and oxygen atoms in total. The first-order chi connectivity index (χ1) is 8.19. The van der Waals surface area contributed by atoms with Crippen molar-refractivity contribution in [1.29, 1.82) is 0 Å². The first-order valence-corrected chi connectivity index (χ1v) is 6.42. The van der Waals surface area contributed by atoms with Crippen LogP contribution >= 0.6 is 27.5 Å². The van der Waals surface area contributed by atoms with E-state index >= 15 is 0 Å². The molecule has 0 bridgehead atoms. The molecule has 0 aliphatic rings. The van der Waals surface area contributed by atoms with Crippen LogP contribution in [-0.4, -0.2) is 9.55 Å². The number of imidazole rings is 1. The van der Waals surface area contributed by atoms with Crippen LogP contribution in [0.1, 0.15) is 11.4 Å². The quantitative estimate of drug-likeness (QED) is 0.778. The van der Waals surface area contributed by atoms with Gasteiger partial charge < -0.3 is 4.57 Å². The second kappa shape index (κ2) is 5.52. The standard InChI is InChI=1S/C13H12BrClN2/c1-2-4-17-5-3-16-13(17)8-10-6-11(14)9-12(15)7-10/h2-3,5-7,9H,1,4,8H2. The van der Waals surface area contributed by atoms with E-state index in [1.807, 2.05) is 24.4 Å². The van der Waals surface area contributed by atoms with Gasteiger partial charge in [-0.15, -0.1) is 6.58 Å². The van der Waals surface area contributed by atoms with Crippen LogP contribution < -0.4 is 0 Å². The number of allylic oxidation sites excluding steroid dienone is 1. The van der Waals surface area contributed by atoms with Gasteiger partial charge in [0.15, 0.2) is 0 Å². The number of halogens is 2. The summed E-state index contributed by atoms with van der Waals surface area (Å²) in [4.78, 5) is 4.35. The van der Waals surface area contributed by atoms with Crippen molar-refractivity contribution in [2.75, 3.05) is 0 Å². The number of rotatable bonds is 4. The Morgan fingerprint density at radius 3 is 2.94 bits per heavy atom. The van der Waals surface area contributed by atoms with E-state index in [0.29, 0.717) is 0 Å². The Morgan fingerprint density at radius 2 is 2.24 bits per heavy atom. The summed E-state index contributed by atoms with van der Waals surface area (Å²) in [6.45, 7) is 4.51. The van der Waals surface area contributed by atoms with E-state index in [4.69, 9.17) is 11.6 Å². The molecule has 2 aromatic rings. The Balaban J connectivity index is 2.24. The Bertz CT molecular complexity index is 514. The van der Waals surface area contributed by atoms with E-state index in [1.165, 1.54) is 0 Å². The van der Waals surface area contributed by atoms with Gasteiger partial charge in [-0.3, -0.25) is 0 Å². The average Bonchev–Trinajstić information content (AvgIpc) is 2.65. The lowest BCUT2D eigenvalue weighted by Crippen LogP contribution is -2.02. The van der Waals surface area contributed by atoms with Crippen LogP contribution in [0.15, 0.2) is 47.7 Å². The molecule has 0 amide bonds. The smallest absolute Gasteiger partial charge is 0.113 e. The molecule has 0 aliphatic heterocycles. The van der Waals surface area contributed by atoms with E-state index in [1.54, 1.807) is 6.20 Å². The van der Waals surface area contributed by atoms with E-state index in [9.17, 15) is 0 Å². The molecule has 0 saturated heterocycles. The lowest BCUT2D eigenvalue weighted by Gasteiger charge is -2.06. The third-order valence-corrected chi connectivity index (χ3v) is 3.09. The van der Waals surface area contributed by atoms with Gasteiger partial charge in [0.1, 0.15) is 5.82 Å². The van der Waals surface area contributed by atoms with E-state index in [0.717, 1.165) is 33.8 Å². The van der Waals surface area contributed by atoms with Gasteiger partial charge in [-0.05, 0) is 23.8 Å². The zero-order valence-corrected chi connectivity index (χ0v) is 11.6. The molecule has 17 heavy (non-hydrogen) atoms. The lowest BCUT2D eigenvalue weighted by molar-refractivity contribution is 0.758. The van der Waals surface area contributed by atoms with Crippen molar-refractivity contribution in [2.45, 2.75) is 13.0 Å². The maximum atomic E-state index is 6.02. The van der Waals surface area contributed by atoms with Gasteiger partial charge >= 0.3 is 0 Å². The number of aromatic nitrogens is 2. The van der Waals surface area contributed by atoms with Crippen LogP contribution in [0, 0.1) is 0 Å². The van der Waals surface area contributed by atoms with Gasteiger partial charge in [-0.2, -0.15) is 0 Å². The van der Waals surface area contributed by atoms with Gasteiger partial charge in [-0.1, -0.05) is 33.6 Å². The highest BCUT2D eigenvalue weighted by Gasteiger charge is 2.04. The predicted octanol–water partition coefficient (Wildman–Crippen LogP) is 4.08. The fourth-order valence-electron chi connectivity index (χ4n) is 1.71. The van der Waals surface area contributed by atoms with Crippen LogP contribution in [0.2, 0.25) is 5.02 Å². The predicted molar refractivity (Wildman–Crippen MR) is 74.4 cm³/mol. The number of hydrogen-bond acceptors (Lipinski definition) is 1. The summed E-state index contributed by atoms with van der Waals surface area (Å²) in [7, 11) is 0. The summed E-state index contributed by atoms with van der Waals surface area (Å²) >= 11 is 9.46. The molecular formula is C13H12BrClN2. The first kappa shape index (κ1) is 12.4. The molecule has 2 rings (SSSR count). The summed E-state index contributed by atoms with van der Waals surface area (Å²) in [5, 5.41) is 0.733. The molecular weight excluding hydrogens is 300 g/mol. The van der Waals surface area contributed by atoms with Crippen molar-refractivity contribution in [3.8, 4) is 0 Å². The van der Waals surface area contributed by atoms with E-state index in [2.05, 4.69) is 38.1 Å². The van der Waals surface area contributed by atoms with Crippen LogP contribution in [0.5, 0.6) is 0 Å². The van der Waals surface area contributed by atoms with Gasteiger partial charge in [-0.25, -0.2) is 4.98 Å². The molecule has 0 atom stereocenters. The molecule has 88 valence electrons. The van der Waals surface area contributed by atoms with Crippen LogP contribution in [-0.2, 0) is 13.0 Å². The van der Waals surface area contributed by atoms with Crippen molar-refractivity contribution in [2.24, 2.45) is 0 Å². The third-order valence-electron chi connectivity index (χ3n) is 2.41. The minimum Gasteiger partial charge on any atom is -0.331 e. The average molecular weight is 312 g/mol. The topological polar surface area (TPSA) is 17.8 Å². The molecule has 0 aliphatic carbocycles. The number of hydrogen-bond donors (Lipinski definition) is 0. The van der Waals surface area contributed by atoms with Gasteiger partial charge in [0, 0.05) is 34.9 Å². The van der Waals surface area contributed by atoms with Crippen LogP contribution in [0.3, 0.4) is 0 Å². The first-order valence-electron chi connectivity index (χ1n) is 5.25. The highest BCUT2D eigenvalue weighted by atomic mass is 79.9. The molecule has 0 N–H and O–H groups in total. The van der Waals surface area contributed by atoms with Gasteiger partial charge in [0.25, 0.3) is 0 Å². The molecule has 1 heterocycles. The Labute approximate surface area is 114 Å². The zero-order chi connectivity index (χ0) is 12.3. The molecule has 0 spiro atoms.